The molecular weight excluding hydrogens is 236 g/mol. The Morgan fingerprint density at radius 3 is 2.53 bits per heavy atom. The second-order valence-corrected chi connectivity index (χ2v) is 5.42. The van der Waals surface area contributed by atoms with E-state index >= 15 is 0 Å². The lowest BCUT2D eigenvalue weighted by molar-refractivity contribution is 0.191. The van der Waals surface area contributed by atoms with Gasteiger partial charge in [0.05, 0.1) is 13.1 Å². The monoisotopic (exact) mass is 266 g/mol. The van der Waals surface area contributed by atoms with E-state index in [-0.39, 0.29) is 0 Å². The summed E-state index contributed by atoms with van der Waals surface area (Å²) >= 11 is 0. The van der Waals surface area contributed by atoms with Crippen molar-refractivity contribution < 1.29 is 4.42 Å². The molecule has 0 fully saturated rings. The van der Waals surface area contributed by atoms with Crippen molar-refractivity contribution in [2.24, 2.45) is 0 Å². The fourth-order valence-corrected chi connectivity index (χ4v) is 2.14. The van der Waals surface area contributed by atoms with Crippen LogP contribution in [-0.4, -0.2) is 24.0 Å². The summed E-state index contributed by atoms with van der Waals surface area (Å²) in [4.78, 5) is 2.49. The number of rotatable bonds is 10. The van der Waals surface area contributed by atoms with Crippen molar-refractivity contribution in [3.63, 3.8) is 0 Å². The third-order valence-electron chi connectivity index (χ3n) is 3.40. The number of furan rings is 1. The van der Waals surface area contributed by atoms with Gasteiger partial charge in [0.2, 0.25) is 0 Å². The van der Waals surface area contributed by atoms with Gasteiger partial charge in [0.25, 0.3) is 0 Å². The summed E-state index contributed by atoms with van der Waals surface area (Å²) in [6.07, 6.45) is 3.87. The Kier molecular flexibility index (Phi) is 7.84. The minimum atomic E-state index is 0.569. The number of nitrogens with zero attached hydrogens (tertiary/aromatic N) is 1. The minimum Gasteiger partial charge on any atom is -0.463 e. The molecule has 1 aromatic rings. The van der Waals surface area contributed by atoms with Crippen molar-refractivity contribution in [1.82, 2.24) is 10.2 Å². The van der Waals surface area contributed by atoms with Crippen molar-refractivity contribution in [1.29, 1.82) is 0 Å². The van der Waals surface area contributed by atoms with Gasteiger partial charge in [-0.15, -0.1) is 0 Å². The van der Waals surface area contributed by atoms with Gasteiger partial charge in [-0.25, -0.2) is 0 Å². The molecule has 0 saturated heterocycles. The molecule has 1 heterocycles. The SMILES string of the molecule is CCCCCN(Cc1ccc(CNCC)o1)C(C)C. The molecule has 0 aromatic carbocycles. The van der Waals surface area contributed by atoms with Crippen molar-refractivity contribution in [3.8, 4) is 0 Å². The molecule has 110 valence electrons. The normalized spacial score (nSPS) is 11.7. The molecule has 0 spiro atoms. The first-order valence-electron chi connectivity index (χ1n) is 7.69. The fourth-order valence-electron chi connectivity index (χ4n) is 2.14. The van der Waals surface area contributed by atoms with E-state index in [2.05, 4.69) is 50.0 Å². The summed E-state index contributed by atoms with van der Waals surface area (Å²) < 4.78 is 5.87. The zero-order chi connectivity index (χ0) is 14.1. The lowest BCUT2D eigenvalue weighted by Gasteiger charge is -2.25. The molecule has 0 atom stereocenters. The van der Waals surface area contributed by atoms with Crippen molar-refractivity contribution in [2.75, 3.05) is 13.1 Å². The van der Waals surface area contributed by atoms with Gasteiger partial charge >= 0.3 is 0 Å². The Morgan fingerprint density at radius 2 is 1.89 bits per heavy atom. The zero-order valence-corrected chi connectivity index (χ0v) is 13.0. The third-order valence-corrected chi connectivity index (χ3v) is 3.40. The Hall–Kier alpha value is -0.800. The van der Waals surface area contributed by atoms with Crippen LogP contribution in [0, 0.1) is 0 Å². The molecule has 3 nitrogen and oxygen atoms in total. The van der Waals surface area contributed by atoms with Crippen molar-refractivity contribution >= 4 is 0 Å². The van der Waals surface area contributed by atoms with E-state index in [0.29, 0.717) is 6.04 Å². The van der Waals surface area contributed by atoms with Gasteiger partial charge < -0.3 is 9.73 Å². The van der Waals surface area contributed by atoms with Crippen LogP contribution in [0.15, 0.2) is 16.5 Å². The Morgan fingerprint density at radius 1 is 1.16 bits per heavy atom. The maximum Gasteiger partial charge on any atom is 0.118 e. The number of unbranched alkanes of at least 4 members (excludes halogenated alkanes) is 2. The molecule has 0 aliphatic carbocycles. The van der Waals surface area contributed by atoms with Crippen LogP contribution in [-0.2, 0) is 13.1 Å². The number of hydrogen-bond donors (Lipinski definition) is 1. The van der Waals surface area contributed by atoms with E-state index in [1.54, 1.807) is 0 Å². The second kappa shape index (κ2) is 9.16. The molecule has 0 bridgehead atoms. The lowest BCUT2D eigenvalue weighted by atomic mass is 10.2. The van der Waals surface area contributed by atoms with E-state index in [0.717, 1.165) is 37.7 Å². The first-order valence-corrected chi connectivity index (χ1v) is 7.69. The summed E-state index contributed by atoms with van der Waals surface area (Å²) in [5.41, 5.74) is 0. The van der Waals surface area contributed by atoms with Crippen LogP contribution in [0.3, 0.4) is 0 Å². The highest BCUT2D eigenvalue weighted by Crippen LogP contribution is 2.13. The van der Waals surface area contributed by atoms with E-state index in [9.17, 15) is 0 Å². The van der Waals surface area contributed by atoms with Crippen molar-refractivity contribution in [2.45, 2.75) is 66.1 Å². The first-order chi connectivity index (χ1) is 9.17. The molecule has 0 unspecified atom stereocenters. The minimum absolute atomic E-state index is 0.569. The molecule has 1 aromatic heterocycles. The van der Waals surface area contributed by atoms with Crippen LogP contribution in [0.1, 0.15) is 58.5 Å². The topological polar surface area (TPSA) is 28.4 Å². The summed E-state index contributed by atoms with van der Waals surface area (Å²) in [6.45, 7) is 12.8. The zero-order valence-electron chi connectivity index (χ0n) is 13.0. The highest BCUT2D eigenvalue weighted by molar-refractivity contribution is 5.07. The third kappa shape index (κ3) is 6.26. The van der Waals surface area contributed by atoms with E-state index in [1.165, 1.54) is 19.3 Å². The van der Waals surface area contributed by atoms with Crippen LogP contribution in [0.5, 0.6) is 0 Å². The predicted molar refractivity (Wildman–Crippen MR) is 81.2 cm³/mol. The summed E-state index contributed by atoms with van der Waals surface area (Å²) in [6, 6.07) is 4.77. The van der Waals surface area contributed by atoms with Crippen LogP contribution < -0.4 is 5.32 Å². The van der Waals surface area contributed by atoms with Crippen LogP contribution >= 0.6 is 0 Å². The van der Waals surface area contributed by atoms with Crippen LogP contribution in [0.4, 0.5) is 0 Å². The Labute approximate surface area is 118 Å². The Balaban J connectivity index is 2.46. The fraction of sp³-hybridized carbons (Fsp3) is 0.750. The molecule has 0 aliphatic heterocycles. The van der Waals surface area contributed by atoms with Crippen LogP contribution in [0.25, 0.3) is 0 Å². The predicted octanol–water partition coefficient (Wildman–Crippen LogP) is 3.79. The summed E-state index contributed by atoms with van der Waals surface area (Å²) in [7, 11) is 0. The smallest absolute Gasteiger partial charge is 0.118 e. The molecule has 0 radical (unpaired) electrons. The van der Waals surface area contributed by atoms with E-state index < -0.39 is 0 Å². The van der Waals surface area contributed by atoms with Gasteiger partial charge in [-0.3, -0.25) is 4.90 Å². The van der Waals surface area contributed by atoms with Crippen LogP contribution in [0.2, 0.25) is 0 Å². The maximum absolute atomic E-state index is 5.87. The van der Waals surface area contributed by atoms with Gasteiger partial charge in [-0.05, 0) is 45.5 Å². The molecule has 3 heteroatoms. The number of nitrogens with one attached hydrogen (secondary N) is 1. The largest absolute Gasteiger partial charge is 0.463 e. The molecule has 19 heavy (non-hydrogen) atoms. The quantitative estimate of drug-likeness (QED) is 0.653. The molecule has 1 N–H and O–H groups in total. The standard InChI is InChI=1S/C16H30N2O/c1-5-7-8-11-18(14(3)4)13-16-10-9-15(19-16)12-17-6-2/h9-10,14,17H,5-8,11-13H2,1-4H3. The van der Waals surface area contributed by atoms with Gasteiger partial charge in [0, 0.05) is 6.04 Å². The molecule has 0 amide bonds. The van der Waals surface area contributed by atoms with Gasteiger partial charge in [0.1, 0.15) is 11.5 Å². The van der Waals surface area contributed by atoms with Gasteiger partial charge in [0.15, 0.2) is 0 Å². The maximum atomic E-state index is 5.87. The average Bonchev–Trinajstić information content (AvgIpc) is 2.83. The molecular formula is C16H30N2O. The molecule has 0 aliphatic rings. The summed E-state index contributed by atoms with van der Waals surface area (Å²) in [5.74, 6) is 2.12. The number of hydrogen-bond acceptors (Lipinski definition) is 3. The highest BCUT2D eigenvalue weighted by atomic mass is 16.3. The lowest BCUT2D eigenvalue weighted by Crippen LogP contribution is -2.31. The van der Waals surface area contributed by atoms with Gasteiger partial charge in [-0.1, -0.05) is 26.7 Å². The average molecular weight is 266 g/mol. The second-order valence-electron chi connectivity index (χ2n) is 5.42. The van der Waals surface area contributed by atoms with Crippen molar-refractivity contribution in [3.05, 3.63) is 23.7 Å². The Bertz CT molecular complexity index is 333. The summed E-state index contributed by atoms with van der Waals surface area (Å²) in [5, 5.41) is 3.29. The highest BCUT2D eigenvalue weighted by Gasteiger charge is 2.12. The van der Waals surface area contributed by atoms with Gasteiger partial charge in [-0.2, -0.15) is 0 Å². The first kappa shape index (κ1) is 16.3. The van der Waals surface area contributed by atoms with E-state index in [4.69, 9.17) is 4.42 Å². The molecule has 0 saturated carbocycles. The molecule has 1 rings (SSSR count). The van der Waals surface area contributed by atoms with E-state index in [1.807, 2.05) is 0 Å².